The molecule has 0 aliphatic heterocycles. The molecule has 0 atom stereocenters. The fourth-order valence-corrected chi connectivity index (χ4v) is 2.21. The molecule has 6 nitrogen and oxygen atoms in total. The highest BCUT2D eigenvalue weighted by atomic mass is 79.9. The van der Waals surface area contributed by atoms with Crippen LogP contribution in [0.25, 0.3) is 0 Å². The molecule has 0 unspecified atom stereocenters. The number of halogens is 2. The van der Waals surface area contributed by atoms with Gasteiger partial charge in [-0.1, -0.05) is 29.8 Å². The third kappa shape index (κ3) is 3.77. The molecule has 8 heteroatoms. The van der Waals surface area contributed by atoms with E-state index in [0.29, 0.717) is 10.0 Å². The first kappa shape index (κ1) is 15.4. The van der Waals surface area contributed by atoms with E-state index in [2.05, 4.69) is 26.2 Å². The lowest BCUT2D eigenvalue weighted by Crippen LogP contribution is -2.23. The summed E-state index contributed by atoms with van der Waals surface area (Å²) in [5, 5.41) is 13.5. The number of benzene rings is 1. The summed E-state index contributed by atoms with van der Waals surface area (Å²) in [5.41, 5.74) is 0.566. The summed E-state index contributed by atoms with van der Waals surface area (Å²) in [6.45, 7) is 0.0266. The summed E-state index contributed by atoms with van der Waals surface area (Å²) < 4.78 is 0.614. The zero-order valence-corrected chi connectivity index (χ0v) is 12.9. The smallest absolute Gasteiger partial charge is 0.274 e. The Kier molecular flexibility index (Phi) is 4.87. The molecule has 0 aliphatic carbocycles. The van der Waals surface area contributed by atoms with E-state index in [1.807, 2.05) is 0 Å². The van der Waals surface area contributed by atoms with Gasteiger partial charge in [0.15, 0.2) is 0 Å². The Bertz CT molecular complexity index is 709. The standard InChI is InChI=1S/C13H9BrClN3O3/c14-9-5-10(12(15)16-7-9)13(19)17-6-8-3-1-2-4-11(8)18(20)21/h1-5,7H,6H2,(H,17,19). The quantitative estimate of drug-likeness (QED) is 0.508. The Hall–Kier alpha value is -1.99. The minimum atomic E-state index is -0.491. The van der Waals surface area contributed by atoms with Crippen LogP contribution >= 0.6 is 27.5 Å². The lowest BCUT2D eigenvalue weighted by molar-refractivity contribution is -0.385. The number of nitrogens with zero attached hydrogens (tertiary/aromatic N) is 2. The molecule has 1 amide bonds. The Morgan fingerprint density at radius 2 is 2.14 bits per heavy atom. The minimum Gasteiger partial charge on any atom is -0.348 e. The van der Waals surface area contributed by atoms with Gasteiger partial charge in [-0.3, -0.25) is 14.9 Å². The van der Waals surface area contributed by atoms with Gasteiger partial charge in [-0.25, -0.2) is 4.98 Å². The summed E-state index contributed by atoms with van der Waals surface area (Å²) in [7, 11) is 0. The second-order valence-corrected chi connectivity index (χ2v) is 5.33. The van der Waals surface area contributed by atoms with E-state index in [0.717, 1.165) is 0 Å². The van der Waals surface area contributed by atoms with Gasteiger partial charge in [0.05, 0.1) is 10.5 Å². The topological polar surface area (TPSA) is 85.1 Å². The molecule has 1 aromatic carbocycles. The number of para-hydroxylation sites is 1. The van der Waals surface area contributed by atoms with Crippen molar-refractivity contribution < 1.29 is 9.72 Å². The van der Waals surface area contributed by atoms with Crippen molar-refractivity contribution >= 4 is 39.1 Å². The zero-order chi connectivity index (χ0) is 15.4. The number of hydrogen-bond donors (Lipinski definition) is 1. The Labute approximate surface area is 133 Å². The van der Waals surface area contributed by atoms with Crippen molar-refractivity contribution in [2.75, 3.05) is 0 Å². The summed E-state index contributed by atoms with van der Waals surface area (Å²) in [4.78, 5) is 26.3. The van der Waals surface area contributed by atoms with Crippen LogP contribution in [0.4, 0.5) is 5.69 Å². The number of aromatic nitrogens is 1. The van der Waals surface area contributed by atoms with Crippen LogP contribution in [0.5, 0.6) is 0 Å². The Morgan fingerprint density at radius 1 is 1.43 bits per heavy atom. The normalized spacial score (nSPS) is 10.2. The van der Waals surface area contributed by atoms with Crippen LogP contribution in [-0.2, 0) is 6.54 Å². The molecule has 0 saturated carbocycles. The molecule has 0 saturated heterocycles. The molecule has 0 fully saturated rings. The number of pyridine rings is 1. The van der Waals surface area contributed by atoms with Crippen molar-refractivity contribution in [3.05, 3.63) is 67.4 Å². The van der Waals surface area contributed by atoms with Gasteiger partial charge in [-0.05, 0) is 22.0 Å². The molecule has 1 aromatic heterocycles. The Morgan fingerprint density at radius 3 is 2.86 bits per heavy atom. The summed E-state index contributed by atoms with van der Waals surface area (Å²) in [5.74, 6) is -0.452. The Balaban J connectivity index is 2.15. The highest BCUT2D eigenvalue weighted by molar-refractivity contribution is 9.10. The SMILES string of the molecule is O=C(NCc1ccccc1[N+](=O)[O-])c1cc(Br)cnc1Cl. The van der Waals surface area contributed by atoms with Crippen LogP contribution in [0.15, 0.2) is 41.0 Å². The number of nitrogens with one attached hydrogen (secondary N) is 1. The first-order chi connectivity index (χ1) is 9.99. The first-order valence-corrected chi connectivity index (χ1v) is 6.97. The summed E-state index contributed by atoms with van der Waals surface area (Å²) >= 11 is 9.05. The highest BCUT2D eigenvalue weighted by Crippen LogP contribution is 2.20. The maximum atomic E-state index is 12.0. The molecule has 2 rings (SSSR count). The predicted molar refractivity (Wildman–Crippen MR) is 81.2 cm³/mol. The van der Waals surface area contributed by atoms with Crippen molar-refractivity contribution in [3.63, 3.8) is 0 Å². The van der Waals surface area contributed by atoms with Crippen LogP contribution < -0.4 is 5.32 Å². The van der Waals surface area contributed by atoms with E-state index < -0.39 is 10.8 Å². The fraction of sp³-hybridized carbons (Fsp3) is 0.0769. The number of nitro benzene ring substituents is 1. The number of carbonyl (C=O) groups is 1. The molecular formula is C13H9BrClN3O3. The van der Waals surface area contributed by atoms with Crippen molar-refractivity contribution in [3.8, 4) is 0 Å². The van der Waals surface area contributed by atoms with E-state index in [4.69, 9.17) is 11.6 Å². The largest absolute Gasteiger partial charge is 0.348 e. The second kappa shape index (κ2) is 6.64. The average Bonchev–Trinajstić information content (AvgIpc) is 2.47. The van der Waals surface area contributed by atoms with Gasteiger partial charge in [-0.2, -0.15) is 0 Å². The van der Waals surface area contributed by atoms with Crippen LogP contribution in [0.1, 0.15) is 15.9 Å². The number of amides is 1. The van der Waals surface area contributed by atoms with E-state index in [-0.39, 0.29) is 22.9 Å². The van der Waals surface area contributed by atoms with Crippen LogP contribution in [0.3, 0.4) is 0 Å². The van der Waals surface area contributed by atoms with E-state index in [1.54, 1.807) is 18.2 Å². The molecule has 2 aromatic rings. The fourth-order valence-electron chi connectivity index (χ4n) is 1.69. The molecule has 21 heavy (non-hydrogen) atoms. The molecule has 1 heterocycles. The van der Waals surface area contributed by atoms with Gasteiger partial charge in [0.1, 0.15) is 5.15 Å². The third-order valence-corrected chi connectivity index (χ3v) is 3.41. The number of nitro groups is 1. The molecule has 0 spiro atoms. The number of carbonyl (C=O) groups excluding carboxylic acids is 1. The van der Waals surface area contributed by atoms with Crippen LogP contribution in [0.2, 0.25) is 5.15 Å². The number of rotatable bonds is 4. The molecule has 0 bridgehead atoms. The maximum Gasteiger partial charge on any atom is 0.274 e. The van der Waals surface area contributed by atoms with Crippen molar-refractivity contribution in [1.82, 2.24) is 10.3 Å². The zero-order valence-electron chi connectivity index (χ0n) is 10.5. The summed E-state index contributed by atoms with van der Waals surface area (Å²) in [6, 6.07) is 7.74. The van der Waals surface area contributed by atoms with E-state index >= 15 is 0 Å². The van der Waals surface area contributed by atoms with E-state index in [1.165, 1.54) is 18.3 Å². The molecule has 0 radical (unpaired) electrons. The predicted octanol–water partition coefficient (Wildman–Crippen LogP) is 3.34. The van der Waals surface area contributed by atoms with Crippen molar-refractivity contribution in [1.29, 1.82) is 0 Å². The van der Waals surface area contributed by atoms with Crippen molar-refractivity contribution in [2.45, 2.75) is 6.54 Å². The average molecular weight is 371 g/mol. The molecule has 108 valence electrons. The van der Waals surface area contributed by atoms with Gasteiger partial charge < -0.3 is 5.32 Å². The summed E-state index contributed by atoms with van der Waals surface area (Å²) in [6.07, 6.45) is 1.47. The minimum absolute atomic E-state index is 0.0266. The third-order valence-electron chi connectivity index (χ3n) is 2.68. The molecular weight excluding hydrogens is 362 g/mol. The van der Waals surface area contributed by atoms with Gasteiger partial charge >= 0.3 is 0 Å². The molecule has 0 aliphatic rings. The maximum absolute atomic E-state index is 12.0. The van der Waals surface area contributed by atoms with Crippen LogP contribution in [0, 0.1) is 10.1 Å². The van der Waals surface area contributed by atoms with Gasteiger partial charge in [-0.15, -0.1) is 0 Å². The lowest BCUT2D eigenvalue weighted by Gasteiger charge is -2.07. The first-order valence-electron chi connectivity index (χ1n) is 5.80. The highest BCUT2D eigenvalue weighted by Gasteiger charge is 2.15. The second-order valence-electron chi connectivity index (χ2n) is 4.06. The van der Waals surface area contributed by atoms with Crippen molar-refractivity contribution in [2.24, 2.45) is 0 Å². The van der Waals surface area contributed by atoms with Crippen LogP contribution in [-0.4, -0.2) is 15.8 Å². The monoisotopic (exact) mass is 369 g/mol. The van der Waals surface area contributed by atoms with Gasteiger partial charge in [0.2, 0.25) is 0 Å². The lowest BCUT2D eigenvalue weighted by atomic mass is 10.1. The van der Waals surface area contributed by atoms with Gasteiger partial charge in [0.25, 0.3) is 11.6 Å². The molecule has 1 N–H and O–H groups in total. The van der Waals surface area contributed by atoms with Gasteiger partial charge in [0, 0.05) is 28.8 Å². The number of hydrogen-bond acceptors (Lipinski definition) is 4. The van der Waals surface area contributed by atoms with E-state index in [9.17, 15) is 14.9 Å².